The molecule has 2 heterocycles. The molecule has 1 atom stereocenters. The standard InChI is InChI=1S/C25H25ClF3N9O3/c1-11(31)22(39)35-13-6-14(7-13)36-23(40)16-3-2-12(9-18(16)26)34-24(41)21-32-10-15(33-21)8-17-19(4-5-30)37-38-20(17)25(27,28)29/h2-3,9-11,13-14H,4,6-8,31H2,1H3,(H,32,33)(H,34,41)(H,35,39)(H,36,40)(H,37,38)/t11-,13?,14?/m1/s1. The van der Waals surface area contributed by atoms with Gasteiger partial charge < -0.3 is 26.7 Å². The van der Waals surface area contributed by atoms with Crippen molar-refractivity contribution in [2.24, 2.45) is 5.73 Å². The van der Waals surface area contributed by atoms with Gasteiger partial charge in [0.15, 0.2) is 11.5 Å². The van der Waals surface area contributed by atoms with Crippen LogP contribution in [-0.2, 0) is 23.8 Å². The molecule has 16 heteroatoms. The van der Waals surface area contributed by atoms with E-state index >= 15 is 0 Å². The number of hydrogen-bond acceptors (Lipinski definition) is 7. The molecule has 0 bridgehead atoms. The van der Waals surface area contributed by atoms with Crippen LogP contribution < -0.4 is 21.7 Å². The van der Waals surface area contributed by atoms with Crippen LogP contribution in [0.25, 0.3) is 0 Å². The molecule has 2 aromatic heterocycles. The minimum absolute atomic E-state index is 0.0179. The zero-order valence-electron chi connectivity index (χ0n) is 21.5. The fourth-order valence-electron chi connectivity index (χ4n) is 4.22. The van der Waals surface area contributed by atoms with E-state index in [0.717, 1.165) is 0 Å². The average molecular weight is 592 g/mol. The highest BCUT2D eigenvalue weighted by Gasteiger charge is 2.38. The molecule has 3 amide bonds. The van der Waals surface area contributed by atoms with Crippen molar-refractivity contribution < 1.29 is 27.6 Å². The number of benzene rings is 1. The van der Waals surface area contributed by atoms with Gasteiger partial charge in [0.25, 0.3) is 11.8 Å². The summed E-state index contributed by atoms with van der Waals surface area (Å²) in [6.45, 7) is 1.58. The molecule has 0 aliphatic heterocycles. The largest absolute Gasteiger partial charge is 0.435 e. The topological polar surface area (TPSA) is 194 Å². The molecule has 12 nitrogen and oxygen atoms in total. The Morgan fingerprint density at radius 2 is 1.93 bits per heavy atom. The lowest BCUT2D eigenvalue weighted by molar-refractivity contribution is -0.141. The number of hydrogen-bond donors (Lipinski definition) is 6. The predicted octanol–water partition coefficient (Wildman–Crippen LogP) is 2.44. The van der Waals surface area contributed by atoms with Gasteiger partial charge in [0, 0.05) is 41.6 Å². The van der Waals surface area contributed by atoms with E-state index in [1.807, 2.05) is 0 Å². The Bertz CT molecular complexity index is 1500. The average Bonchev–Trinajstić information content (AvgIpc) is 3.50. The van der Waals surface area contributed by atoms with E-state index in [2.05, 4.69) is 36.1 Å². The van der Waals surface area contributed by atoms with Crippen molar-refractivity contribution in [2.75, 3.05) is 5.32 Å². The molecular formula is C25H25ClF3N9O3. The van der Waals surface area contributed by atoms with E-state index < -0.39 is 29.7 Å². The first-order valence-electron chi connectivity index (χ1n) is 12.4. The summed E-state index contributed by atoms with van der Waals surface area (Å²) in [7, 11) is 0. The van der Waals surface area contributed by atoms with Gasteiger partial charge in [0.2, 0.25) is 5.91 Å². The molecule has 1 aromatic carbocycles. The molecule has 0 radical (unpaired) electrons. The summed E-state index contributed by atoms with van der Waals surface area (Å²) < 4.78 is 40.0. The third-order valence-corrected chi connectivity index (χ3v) is 6.71. The van der Waals surface area contributed by atoms with Gasteiger partial charge in [-0.05, 0) is 38.0 Å². The van der Waals surface area contributed by atoms with E-state index in [1.165, 1.54) is 24.4 Å². The maximum atomic E-state index is 13.3. The summed E-state index contributed by atoms with van der Waals surface area (Å²) in [5, 5.41) is 22.7. The molecular weight excluding hydrogens is 567 g/mol. The molecule has 0 spiro atoms. The maximum absolute atomic E-state index is 13.3. The maximum Gasteiger partial charge on any atom is 0.435 e. The number of aromatic amines is 2. The molecule has 0 saturated heterocycles. The Labute approximate surface area is 236 Å². The zero-order valence-corrected chi connectivity index (χ0v) is 22.3. The minimum atomic E-state index is -4.73. The Hall–Kier alpha value is -4.42. The van der Waals surface area contributed by atoms with E-state index in [1.54, 1.807) is 13.0 Å². The molecule has 0 unspecified atom stereocenters. The van der Waals surface area contributed by atoms with Gasteiger partial charge in [-0.3, -0.25) is 19.5 Å². The Kier molecular flexibility index (Phi) is 8.64. The normalized spacial score (nSPS) is 17.2. The van der Waals surface area contributed by atoms with Crippen LogP contribution in [0.4, 0.5) is 18.9 Å². The van der Waals surface area contributed by atoms with Crippen molar-refractivity contribution in [3.63, 3.8) is 0 Å². The van der Waals surface area contributed by atoms with Gasteiger partial charge in [-0.25, -0.2) is 4.98 Å². The van der Waals surface area contributed by atoms with Gasteiger partial charge in [-0.2, -0.15) is 23.5 Å². The first kappa shape index (κ1) is 29.6. The summed E-state index contributed by atoms with van der Waals surface area (Å²) in [5.74, 6) is -1.55. The second-order valence-corrected chi connectivity index (χ2v) is 9.99. The second kappa shape index (κ2) is 12.0. The molecule has 1 aliphatic rings. The second-order valence-electron chi connectivity index (χ2n) is 9.58. The number of nitrogens with two attached hydrogens (primary N) is 1. The molecule has 41 heavy (non-hydrogen) atoms. The summed E-state index contributed by atoms with van der Waals surface area (Å²) in [4.78, 5) is 43.6. The van der Waals surface area contributed by atoms with Gasteiger partial charge in [0.1, 0.15) is 0 Å². The van der Waals surface area contributed by atoms with Crippen LogP contribution in [0.1, 0.15) is 63.4 Å². The lowest BCUT2D eigenvalue weighted by Gasteiger charge is -2.36. The third kappa shape index (κ3) is 7.02. The van der Waals surface area contributed by atoms with E-state index in [0.29, 0.717) is 12.8 Å². The molecule has 4 rings (SSSR count). The van der Waals surface area contributed by atoms with E-state index in [4.69, 9.17) is 22.6 Å². The highest BCUT2D eigenvalue weighted by Crippen LogP contribution is 2.33. The molecule has 1 saturated carbocycles. The molecule has 3 aromatic rings. The number of carbonyl (C=O) groups is 3. The fraction of sp³-hybridized carbons (Fsp3) is 0.360. The van der Waals surface area contributed by atoms with Gasteiger partial charge in [-0.1, -0.05) is 11.6 Å². The number of alkyl halides is 3. The van der Waals surface area contributed by atoms with Crippen molar-refractivity contribution in [1.29, 1.82) is 5.26 Å². The van der Waals surface area contributed by atoms with Crippen molar-refractivity contribution in [1.82, 2.24) is 30.8 Å². The monoisotopic (exact) mass is 591 g/mol. The quantitative estimate of drug-likeness (QED) is 0.220. The first-order chi connectivity index (χ1) is 19.3. The van der Waals surface area contributed by atoms with Crippen LogP contribution in [0.2, 0.25) is 5.02 Å². The summed E-state index contributed by atoms with van der Waals surface area (Å²) in [5.41, 5.74) is 4.81. The minimum Gasteiger partial charge on any atom is -0.352 e. The van der Waals surface area contributed by atoms with E-state index in [9.17, 15) is 27.6 Å². The smallest absolute Gasteiger partial charge is 0.352 e. The SMILES string of the molecule is C[C@@H](N)C(=O)NC1CC(NC(=O)c2ccc(NC(=O)c3ncc(Cc4c(C(F)(F)F)n[nH]c4CC#N)[nH]3)cc2Cl)C1. The predicted molar refractivity (Wildman–Crippen MR) is 140 cm³/mol. The van der Waals surface area contributed by atoms with Crippen molar-refractivity contribution in [3.8, 4) is 6.07 Å². The zero-order chi connectivity index (χ0) is 29.9. The Balaban J connectivity index is 1.35. The number of nitrogens with one attached hydrogen (secondary N) is 5. The summed E-state index contributed by atoms with van der Waals surface area (Å²) in [6, 6.07) is 5.23. The number of H-pyrrole nitrogens is 2. The van der Waals surface area contributed by atoms with Crippen molar-refractivity contribution in [2.45, 2.75) is 56.9 Å². The number of rotatable bonds is 9. The van der Waals surface area contributed by atoms with Gasteiger partial charge in [-0.15, -0.1) is 0 Å². The molecule has 1 fully saturated rings. The van der Waals surface area contributed by atoms with Crippen LogP contribution in [-0.4, -0.2) is 56.0 Å². The number of imidazole rings is 1. The van der Waals surface area contributed by atoms with Crippen LogP contribution >= 0.6 is 11.6 Å². The molecule has 7 N–H and O–H groups in total. The third-order valence-electron chi connectivity index (χ3n) is 6.39. The van der Waals surface area contributed by atoms with Crippen LogP contribution in [0.5, 0.6) is 0 Å². The number of carbonyl (C=O) groups excluding carboxylic acids is 3. The van der Waals surface area contributed by atoms with Crippen LogP contribution in [0.15, 0.2) is 24.4 Å². The van der Waals surface area contributed by atoms with Crippen molar-refractivity contribution in [3.05, 3.63) is 63.5 Å². The highest BCUT2D eigenvalue weighted by molar-refractivity contribution is 6.34. The first-order valence-corrected chi connectivity index (χ1v) is 12.7. The number of nitrogens with zero attached hydrogens (tertiary/aromatic N) is 3. The number of nitriles is 1. The number of anilines is 1. The number of aromatic nitrogens is 4. The summed E-state index contributed by atoms with van der Waals surface area (Å²) in [6.07, 6.45) is -3.01. The van der Waals surface area contributed by atoms with Gasteiger partial charge >= 0.3 is 6.18 Å². The number of amides is 3. The van der Waals surface area contributed by atoms with E-state index in [-0.39, 0.29) is 69.9 Å². The van der Waals surface area contributed by atoms with Crippen LogP contribution in [0, 0.1) is 11.3 Å². The molecule has 216 valence electrons. The lowest BCUT2D eigenvalue weighted by Crippen LogP contribution is -2.55. The Morgan fingerprint density at radius 3 is 2.56 bits per heavy atom. The molecule has 1 aliphatic carbocycles. The number of halogens is 4. The van der Waals surface area contributed by atoms with Crippen LogP contribution in [0.3, 0.4) is 0 Å². The van der Waals surface area contributed by atoms with Crippen molar-refractivity contribution >= 4 is 35.0 Å². The Morgan fingerprint density at radius 1 is 1.22 bits per heavy atom. The lowest BCUT2D eigenvalue weighted by atomic mass is 9.86. The van der Waals surface area contributed by atoms with Gasteiger partial charge in [0.05, 0.1) is 34.8 Å². The highest BCUT2D eigenvalue weighted by atomic mass is 35.5. The fourth-order valence-corrected chi connectivity index (χ4v) is 4.49. The summed E-state index contributed by atoms with van der Waals surface area (Å²) >= 11 is 6.28.